The minimum absolute atomic E-state index is 0.163. The third-order valence-electron chi connectivity index (χ3n) is 5.09. The van der Waals surface area contributed by atoms with E-state index in [9.17, 15) is 9.59 Å². The largest absolute Gasteiger partial charge is 0.519 e. The van der Waals surface area contributed by atoms with Crippen molar-refractivity contribution in [1.82, 2.24) is 9.55 Å². The highest BCUT2D eigenvalue weighted by Crippen LogP contribution is 2.37. The van der Waals surface area contributed by atoms with Gasteiger partial charge in [-0.05, 0) is 57.2 Å². The van der Waals surface area contributed by atoms with Gasteiger partial charge in [-0.2, -0.15) is 5.26 Å². The first kappa shape index (κ1) is 23.2. The summed E-state index contributed by atoms with van der Waals surface area (Å²) in [6, 6.07) is 14.7. The minimum atomic E-state index is -1.03. The van der Waals surface area contributed by atoms with E-state index in [4.69, 9.17) is 28.6 Å². The van der Waals surface area contributed by atoms with Crippen molar-refractivity contribution in [3.05, 3.63) is 70.2 Å². The molecule has 0 atom stereocenters. The molecule has 0 bridgehead atoms. The Morgan fingerprint density at radius 1 is 1.21 bits per heavy atom. The number of carbonyl (C=O) groups excluding carboxylic acids is 1. The van der Waals surface area contributed by atoms with Crippen molar-refractivity contribution < 1.29 is 23.1 Å². The Labute approximate surface area is 198 Å². The van der Waals surface area contributed by atoms with Crippen LogP contribution in [0, 0.1) is 18.3 Å². The smallest absolute Gasteiger partial charge is 0.497 e. The second kappa shape index (κ2) is 9.11. The summed E-state index contributed by atoms with van der Waals surface area (Å²) >= 11 is 1.22. The van der Waals surface area contributed by atoms with Crippen LogP contribution in [0.4, 0.5) is 0 Å². The Morgan fingerprint density at radius 2 is 1.94 bits per heavy atom. The van der Waals surface area contributed by atoms with Crippen LogP contribution in [0.3, 0.4) is 0 Å². The zero-order valence-corrected chi connectivity index (χ0v) is 19.8. The van der Waals surface area contributed by atoms with Gasteiger partial charge in [-0.3, -0.25) is 9.36 Å². The number of esters is 1. The van der Waals surface area contributed by atoms with Gasteiger partial charge in [-0.25, -0.2) is 9.78 Å². The molecule has 0 aliphatic rings. The van der Waals surface area contributed by atoms with Crippen LogP contribution in [0.15, 0.2) is 61.2 Å². The van der Waals surface area contributed by atoms with Gasteiger partial charge < -0.3 is 18.3 Å². The van der Waals surface area contributed by atoms with Gasteiger partial charge in [-0.1, -0.05) is 11.8 Å². The number of hydrogen-bond acceptors (Lipinski definition) is 9. The standard InChI is InChI=1S/C24H21N3O6S/c1-14-20(33-23(29)32-14)13-31-21(28)24(2,3)34-22-26-18-11-17(30-4)9-10-19(18)27(22)16-7-5-15(12-25)6-8-16/h5-11H,13H2,1-4H3. The molecule has 0 aliphatic carbocycles. The van der Waals surface area contributed by atoms with Crippen molar-refractivity contribution in [3.63, 3.8) is 0 Å². The molecule has 0 fully saturated rings. The minimum Gasteiger partial charge on any atom is -0.497 e. The first-order valence-electron chi connectivity index (χ1n) is 10.2. The summed E-state index contributed by atoms with van der Waals surface area (Å²) in [4.78, 5) is 28.9. The number of ether oxygens (including phenoxy) is 2. The first-order valence-corrected chi connectivity index (χ1v) is 11.1. The Balaban J connectivity index is 1.67. The number of rotatable bonds is 7. The van der Waals surface area contributed by atoms with E-state index in [0.717, 1.165) is 11.2 Å². The summed E-state index contributed by atoms with van der Waals surface area (Å²) in [6.45, 7) is 4.79. The molecule has 0 unspecified atom stereocenters. The molecule has 0 saturated carbocycles. The number of methoxy groups -OCH3 is 1. The van der Waals surface area contributed by atoms with E-state index in [1.807, 2.05) is 34.9 Å². The number of nitrogens with zero attached hydrogens (tertiary/aromatic N) is 3. The fourth-order valence-electron chi connectivity index (χ4n) is 3.25. The van der Waals surface area contributed by atoms with Gasteiger partial charge in [0.2, 0.25) is 0 Å². The molecule has 174 valence electrons. The number of aromatic nitrogens is 2. The molecule has 10 heteroatoms. The molecule has 0 saturated heterocycles. The van der Waals surface area contributed by atoms with Crippen molar-refractivity contribution in [2.75, 3.05) is 7.11 Å². The van der Waals surface area contributed by atoms with Crippen molar-refractivity contribution in [2.45, 2.75) is 37.3 Å². The van der Waals surface area contributed by atoms with Gasteiger partial charge in [0.25, 0.3) is 0 Å². The van der Waals surface area contributed by atoms with Crippen LogP contribution in [0.5, 0.6) is 5.75 Å². The lowest BCUT2D eigenvalue weighted by molar-refractivity contribution is -0.147. The van der Waals surface area contributed by atoms with Gasteiger partial charge in [0.1, 0.15) is 10.5 Å². The SMILES string of the molecule is COc1ccc2c(c1)nc(SC(C)(C)C(=O)OCc1oc(=O)oc1C)n2-c1ccc(C#N)cc1. The molecule has 0 N–H and O–H groups in total. The van der Waals surface area contributed by atoms with Gasteiger partial charge in [0.15, 0.2) is 23.3 Å². The average Bonchev–Trinajstić information content (AvgIpc) is 3.33. The van der Waals surface area contributed by atoms with E-state index in [1.165, 1.54) is 11.8 Å². The van der Waals surface area contributed by atoms with Crippen molar-refractivity contribution in [2.24, 2.45) is 0 Å². The van der Waals surface area contributed by atoms with Crippen molar-refractivity contribution in [1.29, 1.82) is 5.26 Å². The zero-order valence-electron chi connectivity index (χ0n) is 18.9. The number of carbonyl (C=O) groups is 1. The molecule has 34 heavy (non-hydrogen) atoms. The predicted octanol–water partition coefficient (Wildman–Crippen LogP) is 4.37. The molecule has 2 aromatic heterocycles. The molecule has 2 heterocycles. The molecule has 0 radical (unpaired) electrons. The predicted molar refractivity (Wildman–Crippen MR) is 124 cm³/mol. The molecule has 0 amide bonds. The summed E-state index contributed by atoms with van der Waals surface area (Å²) < 4.78 is 21.3. The van der Waals surface area contributed by atoms with Crippen LogP contribution in [0.25, 0.3) is 16.7 Å². The van der Waals surface area contributed by atoms with Gasteiger partial charge >= 0.3 is 11.8 Å². The number of imidazole rings is 1. The number of aryl methyl sites for hydroxylation is 1. The van der Waals surface area contributed by atoms with Gasteiger partial charge in [0.05, 0.1) is 29.8 Å². The fraction of sp³-hybridized carbons (Fsp3) is 0.250. The number of benzene rings is 2. The lowest BCUT2D eigenvalue weighted by atomic mass is 10.2. The van der Waals surface area contributed by atoms with Crippen LogP contribution in [0.2, 0.25) is 0 Å². The highest BCUT2D eigenvalue weighted by Gasteiger charge is 2.34. The molecule has 4 rings (SSSR count). The summed E-state index contributed by atoms with van der Waals surface area (Å²) in [6.07, 6.45) is 0. The summed E-state index contributed by atoms with van der Waals surface area (Å²) in [5.74, 6) is -0.277. The first-order chi connectivity index (χ1) is 16.2. The van der Waals surface area contributed by atoms with E-state index in [-0.39, 0.29) is 18.1 Å². The lowest BCUT2D eigenvalue weighted by Crippen LogP contribution is -2.30. The van der Waals surface area contributed by atoms with Gasteiger partial charge in [0, 0.05) is 11.8 Å². The molecule has 0 spiro atoms. The maximum Gasteiger partial charge on any atom is 0.519 e. The number of nitriles is 1. The number of fused-ring (bicyclic) bond motifs is 1. The normalized spacial score (nSPS) is 11.4. The maximum atomic E-state index is 12.9. The maximum absolute atomic E-state index is 12.9. The topological polar surface area (TPSA) is 120 Å². The third-order valence-corrected chi connectivity index (χ3v) is 6.23. The van der Waals surface area contributed by atoms with Crippen LogP contribution >= 0.6 is 11.8 Å². The fourth-order valence-corrected chi connectivity index (χ4v) is 4.29. The molecular formula is C24H21N3O6S. The molecule has 9 nitrogen and oxygen atoms in total. The van der Waals surface area contributed by atoms with Crippen LogP contribution < -0.4 is 10.6 Å². The third kappa shape index (κ3) is 4.56. The second-order valence-corrected chi connectivity index (χ2v) is 9.45. The van der Waals surface area contributed by atoms with Crippen molar-refractivity contribution in [3.8, 4) is 17.5 Å². The van der Waals surface area contributed by atoms with E-state index < -0.39 is 16.5 Å². The molecular weight excluding hydrogens is 458 g/mol. The molecule has 4 aromatic rings. The highest BCUT2D eigenvalue weighted by atomic mass is 32.2. The van der Waals surface area contributed by atoms with Gasteiger partial charge in [-0.15, -0.1) is 0 Å². The molecule has 0 aliphatic heterocycles. The van der Waals surface area contributed by atoms with E-state index >= 15 is 0 Å². The van der Waals surface area contributed by atoms with E-state index in [1.54, 1.807) is 40.0 Å². The summed E-state index contributed by atoms with van der Waals surface area (Å²) in [5.41, 5.74) is 2.82. The second-order valence-electron chi connectivity index (χ2n) is 7.87. The number of hydrogen-bond donors (Lipinski definition) is 0. The average molecular weight is 480 g/mol. The monoisotopic (exact) mass is 479 g/mol. The number of thioether (sulfide) groups is 1. The lowest BCUT2D eigenvalue weighted by Gasteiger charge is -2.22. The quantitative estimate of drug-likeness (QED) is 0.281. The van der Waals surface area contributed by atoms with E-state index in [2.05, 4.69) is 6.07 Å². The van der Waals surface area contributed by atoms with Crippen LogP contribution in [-0.4, -0.2) is 27.4 Å². The van der Waals surface area contributed by atoms with E-state index in [0.29, 0.717) is 22.0 Å². The highest BCUT2D eigenvalue weighted by molar-refractivity contribution is 8.01. The zero-order chi connectivity index (χ0) is 24.5. The Kier molecular flexibility index (Phi) is 6.22. The Morgan fingerprint density at radius 3 is 2.56 bits per heavy atom. The van der Waals surface area contributed by atoms with Crippen molar-refractivity contribution >= 4 is 28.8 Å². The summed E-state index contributed by atoms with van der Waals surface area (Å²) in [5, 5.41) is 9.70. The molecule has 2 aromatic carbocycles. The Bertz CT molecular complexity index is 1460. The van der Waals surface area contributed by atoms with Crippen LogP contribution in [-0.2, 0) is 16.1 Å². The Hall–Kier alpha value is -3.97. The van der Waals surface area contributed by atoms with Crippen LogP contribution in [0.1, 0.15) is 30.9 Å². The summed E-state index contributed by atoms with van der Waals surface area (Å²) in [7, 11) is 1.58.